The second-order valence-corrected chi connectivity index (χ2v) is 3.78. The Hall–Kier alpha value is -0.840. The van der Waals surface area contributed by atoms with Crippen molar-refractivity contribution in [2.24, 2.45) is 0 Å². The van der Waals surface area contributed by atoms with E-state index >= 15 is 0 Å². The molecule has 0 saturated carbocycles. The summed E-state index contributed by atoms with van der Waals surface area (Å²) in [5.41, 5.74) is 0. The third-order valence-corrected chi connectivity index (χ3v) is 2.38. The summed E-state index contributed by atoms with van der Waals surface area (Å²) in [5, 5.41) is -1.16. The number of ether oxygens (including phenoxy) is 1. The van der Waals surface area contributed by atoms with E-state index < -0.39 is 28.4 Å². The average Bonchev–Trinajstić information content (AvgIpc) is 2.20. The Kier molecular flexibility index (Phi) is 4.13. The molecule has 0 unspecified atom stereocenters. The number of hydrogen-bond acceptors (Lipinski definition) is 2. The lowest BCUT2D eigenvalue weighted by Crippen LogP contribution is -2.08. The first-order valence-corrected chi connectivity index (χ1v) is 4.87. The second kappa shape index (κ2) is 4.99. The minimum atomic E-state index is -1.41. The maximum Gasteiger partial charge on any atom is 0.372 e. The molecule has 1 aromatic carbocycles. The van der Waals surface area contributed by atoms with Gasteiger partial charge in [0.1, 0.15) is 5.02 Å². The van der Waals surface area contributed by atoms with Crippen molar-refractivity contribution in [1.29, 1.82) is 0 Å². The summed E-state index contributed by atoms with van der Waals surface area (Å²) in [5.74, 6) is -4.29. The molecule has 1 rings (SSSR count). The van der Waals surface area contributed by atoms with Crippen molar-refractivity contribution in [3.05, 3.63) is 39.4 Å². The summed E-state index contributed by atoms with van der Waals surface area (Å²) in [6, 6.07) is 0.980. The monoisotopic (exact) mass is 286 g/mol. The van der Waals surface area contributed by atoms with Gasteiger partial charge in [-0.25, -0.2) is 9.18 Å². The Morgan fingerprint density at radius 2 is 1.88 bits per heavy atom. The summed E-state index contributed by atoms with van der Waals surface area (Å²) in [7, 11) is 0. The van der Waals surface area contributed by atoms with E-state index in [1.807, 2.05) is 0 Å². The maximum absolute atomic E-state index is 13.2. The summed E-state index contributed by atoms with van der Waals surface area (Å²) in [6.45, 7) is 2.70. The van der Waals surface area contributed by atoms with Crippen molar-refractivity contribution in [3.63, 3.8) is 0 Å². The largest absolute Gasteiger partial charge is 0.418 e. The van der Waals surface area contributed by atoms with Crippen molar-refractivity contribution < 1.29 is 18.3 Å². The van der Waals surface area contributed by atoms with Gasteiger partial charge in [-0.15, -0.1) is 0 Å². The lowest BCUT2D eigenvalue weighted by Gasteiger charge is -2.08. The third kappa shape index (κ3) is 2.64. The molecule has 0 aliphatic rings. The molecule has 2 nitrogen and oxygen atoms in total. The summed E-state index contributed by atoms with van der Waals surface area (Å²) in [4.78, 5) is 10.8. The van der Waals surface area contributed by atoms with E-state index in [0.29, 0.717) is 0 Å². The second-order valence-electron chi connectivity index (χ2n) is 2.59. The lowest BCUT2D eigenvalue weighted by atomic mass is 10.3. The van der Waals surface area contributed by atoms with Crippen LogP contribution in [0.3, 0.4) is 0 Å². The highest BCUT2D eigenvalue weighted by atomic mass is 35.5. The molecule has 16 heavy (non-hydrogen) atoms. The van der Waals surface area contributed by atoms with Crippen LogP contribution < -0.4 is 4.74 Å². The van der Waals surface area contributed by atoms with Crippen LogP contribution in [0.25, 0.3) is 0 Å². The van der Waals surface area contributed by atoms with Gasteiger partial charge >= 0.3 is 5.97 Å². The molecule has 0 aliphatic heterocycles. The highest BCUT2D eigenvalue weighted by Gasteiger charge is 2.20. The van der Waals surface area contributed by atoms with Gasteiger partial charge in [-0.2, -0.15) is 4.39 Å². The number of esters is 1. The van der Waals surface area contributed by atoms with Gasteiger partial charge in [-0.05, 0) is 6.07 Å². The molecule has 0 bridgehead atoms. The molecular formula is C9H3Cl3F2O2. The predicted octanol–water partition coefficient (Wildman–Crippen LogP) is 4.17. The zero-order valence-electron chi connectivity index (χ0n) is 7.49. The van der Waals surface area contributed by atoms with Gasteiger partial charge in [-0.1, -0.05) is 41.4 Å². The molecule has 0 radical (unpaired) electrons. The van der Waals surface area contributed by atoms with Crippen molar-refractivity contribution in [2.45, 2.75) is 0 Å². The van der Waals surface area contributed by atoms with E-state index in [1.165, 1.54) is 0 Å². The van der Waals surface area contributed by atoms with Crippen molar-refractivity contribution in [2.75, 3.05) is 0 Å². The minimum Gasteiger partial charge on any atom is -0.418 e. The fraction of sp³-hybridized carbons (Fsp3) is 0. The molecule has 0 heterocycles. The molecule has 0 aromatic heterocycles. The quantitative estimate of drug-likeness (QED) is 0.268. The van der Waals surface area contributed by atoms with Gasteiger partial charge in [0.25, 0.3) is 0 Å². The smallest absolute Gasteiger partial charge is 0.372 e. The molecule has 0 amide bonds. The van der Waals surface area contributed by atoms with Crippen LogP contribution in [0.4, 0.5) is 8.78 Å². The molecule has 0 fully saturated rings. The van der Waals surface area contributed by atoms with Gasteiger partial charge < -0.3 is 4.74 Å². The Morgan fingerprint density at radius 1 is 1.31 bits per heavy atom. The van der Waals surface area contributed by atoms with Gasteiger partial charge in [-0.3, -0.25) is 0 Å². The van der Waals surface area contributed by atoms with Gasteiger partial charge in [0.2, 0.25) is 5.83 Å². The molecule has 0 N–H and O–H groups in total. The first-order chi connectivity index (χ1) is 7.34. The number of halogens is 5. The SMILES string of the molecule is C=C(F)C(=O)Oc1c(Cl)cc(Cl)c(F)c1Cl. The molecule has 1 aromatic rings. The fourth-order valence-corrected chi connectivity index (χ4v) is 1.63. The lowest BCUT2D eigenvalue weighted by molar-refractivity contribution is -0.131. The van der Waals surface area contributed by atoms with Crippen LogP contribution in [0.15, 0.2) is 18.5 Å². The molecule has 86 valence electrons. The normalized spacial score (nSPS) is 10.1. The molecule has 0 aliphatic carbocycles. The molecule has 0 spiro atoms. The number of hydrogen-bond donors (Lipinski definition) is 0. The van der Waals surface area contributed by atoms with E-state index in [1.54, 1.807) is 0 Å². The Labute approximate surface area is 104 Å². The van der Waals surface area contributed by atoms with Crippen molar-refractivity contribution in [3.8, 4) is 5.75 Å². The van der Waals surface area contributed by atoms with Crippen LogP contribution in [-0.2, 0) is 4.79 Å². The average molecular weight is 287 g/mol. The maximum atomic E-state index is 13.2. The first-order valence-electron chi connectivity index (χ1n) is 3.74. The van der Waals surface area contributed by atoms with Crippen LogP contribution >= 0.6 is 34.8 Å². The van der Waals surface area contributed by atoms with Crippen LogP contribution in [0, 0.1) is 5.82 Å². The highest BCUT2D eigenvalue weighted by molar-refractivity contribution is 6.40. The Balaban J connectivity index is 3.19. The van der Waals surface area contributed by atoms with Gasteiger partial charge in [0, 0.05) is 0 Å². The van der Waals surface area contributed by atoms with E-state index in [9.17, 15) is 13.6 Å². The van der Waals surface area contributed by atoms with Crippen molar-refractivity contribution >= 4 is 40.8 Å². The van der Waals surface area contributed by atoms with Gasteiger partial charge in [0.05, 0.1) is 10.0 Å². The first kappa shape index (κ1) is 13.2. The van der Waals surface area contributed by atoms with Crippen LogP contribution in [0.2, 0.25) is 15.1 Å². The van der Waals surface area contributed by atoms with Crippen LogP contribution in [0.5, 0.6) is 5.75 Å². The van der Waals surface area contributed by atoms with E-state index in [2.05, 4.69) is 11.3 Å². The van der Waals surface area contributed by atoms with Crippen LogP contribution in [0.1, 0.15) is 0 Å². The third-order valence-electron chi connectivity index (χ3n) is 1.49. The highest BCUT2D eigenvalue weighted by Crippen LogP contribution is 2.38. The summed E-state index contributed by atoms with van der Waals surface area (Å²) in [6.07, 6.45) is 0. The summed E-state index contributed by atoms with van der Waals surface area (Å²) >= 11 is 16.5. The van der Waals surface area contributed by atoms with E-state index in [0.717, 1.165) is 6.07 Å². The van der Waals surface area contributed by atoms with Crippen LogP contribution in [-0.4, -0.2) is 5.97 Å². The van der Waals surface area contributed by atoms with Gasteiger partial charge in [0.15, 0.2) is 11.6 Å². The molecular weight excluding hydrogens is 284 g/mol. The predicted molar refractivity (Wildman–Crippen MR) is 57.3 cm³/mol. The number of rotatable bonds is 2. The molecule has 0 saturated heterocycles. The zero-order valence-corrected chi connectivity index (χ0v) is 9.76. The Bertz CT molecular complexity index is 474. The number of carbonyl (C=O) groups excluding carboxylic acids is 1. The fourth-order valence-electron chi connectivity index (χ4n) is 0.791. The van der Waals surface area contributed by atoms with E-state index in [4.69, 9.17) is 34.8 Å². The Morgan fingerprint density at radius 3 is 2.38 bits per heavy atom. The zero-order chi connectivity index (χ0) is 12.5. The molecule has 7 heteroatoms. The number of benzene rings is 1. The number of carbonyl (C=O) groups is 1. The minimum absolute atomic E-state index is 0.217. The molecule has 0 atom stereocenters. The standard InChI is InChI=1S/C9H3Cl3F2O2/c1-3(13)9(15)16-8-5(11)2-4(10)7(14)6(8)12/h2H,1H2. The van der Waals surface area contributed by atoms with E-state index in [-0.39, 0.29) is 10.0 Å². The summed E-state index contributed by atoms with van der Waals surface area (Å²) < 4.78 is 29.9. The van der Waals surface area contributed by atoms with Crippen molar-refractivity contribution in [1.82, 2.24) is 0 Å². The topological polar surface area (TPSA) is 26.3 Å².